The van der Waals surface area contributed by atoms with Crippen molar-refractivity contribution in [2.24, 2.45) is 5.73 Å². The summed E-state index contributed by atoms with van der Waals surface area (Å²) >= 11 is 5.98. The van der Waals surface area contributed by atoms with Crippen molar-refractivity contribution >= 4 is 11.6 Å². The molecule has 0 spiro atoms. The van der Waals surface area contributed by atoms with Crippen LogP contribution in [0.25, 0.3) is 0 Å². The molecule has 1 atom stereocenters. The number of halogens is 1. The number of aromatic nitrogens is 1. The van der Waals surface area contributed by atoms with Crippen LogP contribution in [0.1, 0.15) is 24.1 Å². The number of benzene rings is 1. The lowest BCUT2D eigenvalue weighted by atomic mass is 10.1. The molecule has 0 aliphatic heterocycles. The van der Waals surface area contributed by atoms with E-state index in [-0.39, 0.29) is 6.04 Å². The summed E-state index contributed by atoms with van der Waals surface area (Å²) in [6.45, 7) is 2.25. The molecule has 0 saturated heterocycles. The number of pyridine rings is 1. The Hall–Kier alpha value is -1.78. The fraction of sp³-hybridized carbons (Fsp3) is 0.267. The van der Waals surface area contributed by atoms with Crippen LogP contribution in [0.5, 0.6) is 11.6 Å². The summed E-state index contributed by atoms with van der Waals surface area (Å²) in [7, 11) is 1.58. The highest BCUT2D eigenvalue weighted by Gasteiger charge is 2.10. The van der Waals surface area contributed by atoms with E-state index in [0.717, 1.165) is 16.9 Å². The molecule has 0 amide bonds. The lowest BCUT2D eigenvalue weighted by molar-refractivity contribution is 0.290. The third kappa shape index (κ3) is 3.40. The minimum atomic E-state index is -0.153. The maximum atomic E-state index is 5.98. The first kappa shape index (κ1) is 14.6. The van der Waals surface area contributed by atoms with Gasteiger partial charge in [0.25, 0.3) is 0 Å². The Bertz CT molecular complexity index is 588. The SMILES string of the molecule is COc1ncccc1COc1ccc(Cl)cc1[C@@H](C)N. The average molecular weight is 293 g/mol. The van der Waals surface area contributed by atoms with Crippen LogP contribution in [0.15, 0.2) is 36.5 Å². The largest absolute Gasteiger partial charge is 0.488 e. The van der Waals surface area contributed by atoms with Gasteiger partial charge in [0.2, 0.25) is 5.88 Å². The summed E-state index contributed by atoms with van der Waals surface area (Å²) in [5.74, 6) is 1.28. The van der Waals surface area contributed by atoms with Gasteiger partial charge in [-0.05, 0) is 37.3 Å². The molecule has 0 aliphatic carbocycles. The molecule has 1 aromatic carbocycles. The lowest BCUT2D eigenvalue weighted by Crippen LogP contribution is -2.08. The molecular formula is C15H17ClN2O2. The monoisotopic (exact) mass is 292 g/mol. The van der Waals surface area contributed by atoms with Crippen LogP contribution in [0, 0.1) is 0 Å². The number of hydrogen-bond donors (Lipinski definition) is 1. The second-order valence-electron chi connectivity index (χ2n) is 4.43. The predicted octanol–water partition coefficient (Wildman–Crippen LogP) is 3.34. The van der Waals surface area contributed by atoms with Gasteiger partial charge in [0.05, 0.1) is 12.7 Å². The van der Waals surface area contributed by atoms with Gasteiger partial charge < -0.3 is 15.2 Å². The molecule has 0 radical (unpaired) electrons. The normalized spacial score (nSPS) is 12.0. The van der Waals surface area contributed by atoms with Crippen LogP contribution in [-0.4, -0.2) is 12.1 Å². The highest BCUT2D eigenvalue weighted by Crippen LogP contribution is 2.28. The van der Waals surface area contributed by atoms with Gasteiger partial charge >= 0.3 is 0 Å². The topological polar surface area (TPSA) is 57.4 Å². The third-order valence-electron chi connectivity index (χ3n) is 2.89. The van der Waals surface area contributed by atoms with Gasteiger partial charge in [-0.3, -0.25) is 0 Å². The van der Waals surface area contributed by atoms with Crippen molar-refractivity contribution in [2.75, 3.05) is 7.11 Å². The van der Waals surface area contributed by atoms with E-state index in [0.29, 0.717) is 17.5 Å². The van der Waals surface area contributed by atoms with Crippen molar-refractivity contribution < 1.29 is 9.47 Å². The second kappa shape index (κ2) is 6.59. The van der Waals surface area contributed by atoms with E-state index in [1.165, 1.54) is 0 Å². The number of ether oxygens (including phenoxy) is 2. The fourth-order valence-electron chi connectivity index (χ4n) is 1.88. The summed E-state index contributed by atoms with van der Waals surface area (Å²) in [6.07, 6.45) is 1.68. The maximum Gasteiger partial charge on any atom is 0.219 e. The van der Waals surface area contributed by atoms with E-state index < -0.39 is 0 Å². The van der Waals surface area contributed by atoms with Crippen LogP contribution >= 0.6 is 11.6 Å². The smallest absolute Gasteiger partial charge is 0.219 e. The highest BCUT2D eigenvalue weighted by molar-refractivity contribution is 6.30. The quantitative estimate of drug-likeness (QED) is 0.918. The van der Waals surface area contributed by atoms with Gasteiger partial charge in [0.15, 0.2) is 0 Å². The van der Waals surface area contributed by atoms with E-state index in [1.54, 1.807) is 19.4 Å². The maximum absolute atomic E-state index is 5.98. The molecule has 0 unspecified atom stereocenters. The molecule has 2 N–H and O–H groups in total. The minimum absolute atomic E-state index is 0.153. The molecule has 0 fully saturated rings. The first-order valence-electron chi connectivity index (χ1n) is 6.27. The van der Waals surface area contributed by atoms with Gasteiger partial charge in [0.1, 0.15) is 12.4 Å². The van der Waals surface area contributed by atoms with Crippen molar-refractivity contribution in [3.8, 4) is 11.6 Å². The van der Waals surface area contributed by atoms with Gasteiger partial charge in [0, 0.05) is 22.8 Å². The third-order valence-corrected chi connectivity index (χ3v) is 3.12. The second-order valence-corrected chi connectivity index (χ2v) is 4.87. The molecular weight excluding hydrogens is 276 g/mol. The summed E-state index contributed by atoms with van der Waals surface area (Å²) in [4.78, 5) is 4.13. The molecule has 106 valence electrons. The van der Waals surface area contributed by atoms with Crippen LogP contribution < -0.4 is 15.2 Å². The summed E-state index contributed by atoms with van der Waals surface area (Å²) in [6, 6.07) is 9.03. The van der Waals surface area contributed by atoms with E-state index in [1.807, 2.05) is 31.2 Å². The number of nitrogens with zero attached hydrogens (tertiary/aromatic N) is 1. The van der Waals surface area contributed by atoms with Crippen molar-refractivity contribution in [2.45, 2.75) is 19.6 Å². The average Bonchev–Trinajstić information content (AvgIpc) is 2.46. The molecule has 0 saturated carbocycles. The summed E-state index contributed by atoms with van der Waals surface area (Å²) < 4.78 is 11.0. The molecule has 20 heavy (non-hydrogen) atoms. The lowest BCUT2D eigenvalue weighted by Gasteiger charge is -2.15. The number of hydrogen-bond acceptors (Lipinski definition) is 4. The van der Waals surface area contributed by atoms with Crippen LogP contribution in [0.3, 0.4) is 0 Å². The molecule has 0 bridgehead atoms. The standard InChI is InChI=1S/C15H17ClN2O2/c1-10(17)13-8-12(16)5-6-14(13)20-9-11-4-3-7-18-15(11)19-2/h3-8,10H,9,17H2,1-2H3/t10-/m1/s1. The molecule has 2 aromatic rings. The zero-order valence-electron chi connectivity index (χ0n) is 11.5. The van der Waals surface area contributed by atoms with Crippen molar-refractivity contribution in [3.63, 3.8) is 0 Å². The Balaban J connectivity index is 2.19. The highest BCUT2D eigenvalue weighted by atomic mass is 35.5. The van der Waals surface area contributed by atoms with Gasteiger partial charge in [-0.1, -0.05) is 11.6 Å². The van der Waals surface area contributed by atoms with Crippen LogP contribution in [0.4, 0.5) is 0 Å². The number of nitrogens with two attached hydrogens (primary N) is 1. The van der Waals surface area contributed by atoms with E-state index in [4.69, 9.17) is 26.8 Å². The fourth-order valence-corrected chi connectivity index (χ4v) is 2.06. The first-order valence-corrected chi connectivity index (χ1v) is 6.65. The predicted molar refractivity (Wildman–Crippen MR) is 79.2 cm³/mol. The van der Waals surface area contributed by atoms with Crippen molar-refractivity contribution in [3.05, 3.63) is 52.7 Å². The molecule has 4 nitrogen and oxygen atoms in total. The summed E-state index contributed by atoms with van der Waals surface area (Å²) in [5, 5.41) is 0.642. The van der Waals surface area contributed by atoms with E-state index in [2.05, 4.69) is 4.98 Å². The number of rotatable bonds is 5. The van der Waals surface area contributed by atoms with Gasteiger partial charge in [-0.15, -0.1) is 0 Å². The molecule has 0 aliphatic rings. The van der Waals surface area contributed by atoms with Gasteiger partial charge in [-0.25, -0.2) is 4.98 Å². The molecule has 1 heterocycles. The number of methoxy groups -OCH3 is 1. The van der Waals surface area contributed by atoms with E-state index in [9.17, 15) is 0 Å². The molecule has 1 aromatic heterocycles. The van der Waals surface area contributed by atoms with Crippen LogP contribution in [0.2, 0.25) is 5.02 Å². The molecule has 2 rings (SSSR count). The zero-order valence-corrected chi connectivity index (χ0v) is 12.2. The Kier molecular flexibility index (Phi) is 4.82. The van der Waals surface area contributed by atoms with E-state index >= 15 is 0 Å². The van der Waals surface area contributed by atoms with Crippen molar-refractivity contribution in [1.29, 1.82) is 0 Å². The molecule has 5 heteroatoms. The Morgan fingerprint density at radius 1 is 1.35 bits per heavy atom. The van der Waals surface area contributed by atoms with Gasteiger partial charge in [-0.2, -0.15) is 0 Å². The Labute approximate surface area is 123 Å². The minimum Gasteiger partial charge on any atom is -0.488 e. The Morgan fingerprint density at radius 3 is 2.85 bits per heavy atom. The Morgan fingerprint density at radius 2 is 2.15 bits per heavy atom. The first-order chi connectivity index (χ1) is 9.61. The zero-order chi connectivity index (χ0) is 14.5. The summed E-state index contributed by atoms with van der Waals surface area (Å²) in [5.41, 5.74) is 7.68. The van der Waals surface area contributed by atoms with Crippen molar-refractivity contribution in [1.82, 2.24) is 4.98 Å². The van der Waals surface area contributed by atoms with Crippen LogP contribution in [-0.2, 0) is 6.61 Å².